The fourth-order valence-electron chi connectivity index (χ4n) is 4.14. The number of nitrogens with zero attached hydrogens (tertiary/aromatic N) is 4. The Morgan fingerprint density at radius 2 is 1.77 bits per heavy atom. The Labute approximate surface area is 186 Å². The van der Waals surface area contributed by atoms with Gasteiger partial charge in [0.25, 0.3) is 5.91 Å². The van der Waals surface area contributed by atoms with Crippen LogP contribution in [0.1, 0.15) is 28.7 Å². The van der Waals surface area contributed by atoms with Gasteiger partial charge in [-0.25, -0.2) is 4.98 Å². The molecule has 1 saturated heterocycles. The van der Waals surface area contributed by atoms with Crippen LogP contribution in [0.2, 0.25) is 0 Å². The largest absolute Gasteiger partial charge is 0.343 e. The Balaban J connectivity index is 1.26. The zero-order chi connectivity index (χ0) is 21.2. The first-order valence-corrected chi connectivity index (χ1v) is 11.4. The Bertz CT molecular complexity index is 1210. The molecule has 5 rings (SSSR count). The van der Waals surface area contributed by atoms with E-state index in [1.165, 1.54) is 17.1 Å². The molecule has 1 aliphatic rings. The van der Waals surface area contributed by atoms with Gasteiger partial charge >= 0.3 is 0 Å². The van der Waals surface area contributed by atoms with Crippen molar-refractivity contribution in [3.05, 3.63) is 89.7 Å². The Morgan fingerprint density at radius 1 is 1.00 bits per heavy atom. The first-order valence-electron chi connectivity index (χ1n) is 10.6. The normalized spacial score (nSPS) is 16.6. The number of hydrogen-bond donors (Lipinski definition) is 0. The van der Waals surface area contributed by atoms with Gasteiger partial charge in [-0.1, -0.05) is 60.7 Å². The molecule has 2 heterocycles. The van der Waals surface area contributed by atoms with Gasteiger partial charge in [0.1, 0.15) is 5.82 Å². The monoisotopic (exact) mass is 428 g/mol. The summed E-state index contributed by atoms with van der Waals surface area (Å²) in [4.78, 5) is 22.2. The van der Waals surface area contributed by atoms with Crippen molar-refractivity contribution in [2.45, 2.75) is 19.4 Å². The van der Waals surface area contributed by atoms with Gasteiger partial charge in [0.05, 0.1) is 0 Å². The SMILES string of the molecule is CC1CN(c2nc(Cc3ccccc3)ns2)CCN1C(=O)c1ccc2ccccc2c1. The van der Waals surface area contributed by atoms with E-state index in [2.05, 4.69) is 40.5 Å². The standard InChI is InChI=1S/C25H24N4OS/c1-18-17-28(25-26-23(27-31-25)15-19-7-3-2-4-8-19)13-14-29(18)24(30)22-12-11-20-9-5-6-10-21(20)16-22/h2-12,16,18H,13-15,17H2,1H3. The third-order valence-electron chi connectivity index (χ3n) is 5.82. The molecular formula is C25H24N4OS. The van der Waals surface area contributed by atoms with Gasteiger partial charge in [-0.05, 0) is 35.4 Å². The van der Waals surface area contributed by atoms with E-state index < -0.39 is 0 Å². The van der Waals surface area contributed by atoms with Crippen LogP contribution >= 0.6 is 11.5 Å². The number of carbonyl (C=O) groups excluding carboxylic acids is 1. The lowest BCUT2D eigenvalue weighted by atomic mass is 10.0. The van der Waals surface area contributed by atoms with Gasteiger partial charge in [-0.3, -0.25) is 4.79 Å². The third kappa shape index (κ3) is 4.16. The lowest BCUT2D eigenvalue weighted by Gasteiger charge is -2.39. The predicted molar refractivity (Wildman–Crippen MR) is 126 cm³/mol. The molecule has 1 fully saturated rings. The van der Waals surface area contributed by atoms with Gasteiger partial charge in [-0.2, -0.15) is 4.37 Å². The predicted octanol–water partition coefficient (Wildman–Crippen LogP) is 4.63. The summed E-state index contributed by atoms with van der Waals surface area (Å²) >= 11 is 1.45. The number of rotatable bonds is 4. The number of hydrogen-bond acceptors (Lipinski definition) is 5. The van der Waals surface area contributed by atoms with Crippen molar-refractivity contribution in [2.75, 3.05) is 24.5 Å². The van der Waals surface area contributed by atoms with Crippen LogP contribution in [0.15, 0.2) is 72.8 Å². The Morgan fingerprint density at radius 3 is 2.58 bits per heavy atom. The van der Waals surface area contributed by atoms with Gasteiger partial charge in [0, 0.05) is 49.2 Å². The quantitative estimate of drug-likeness (QED) is 0.475. The van der Waals surface area contributed by atoms with Crippen molar-refractivity contribution in [1.82, 2.24) is 14.3 Å². The molecule has 1 unspecified atom stereocenters. The molecule has 156 valence electrons. The Kier molecular flexibility index (Phi) is 5.38. The number of aromatic nitrogens is 2. The highest BCUT2D eigenvalue weighted by Gasteiger charge is 2.29. The van der Waals surface area contributed by atoms with E-state index in [1.54, 1.807) is 0 Å². The molecule has 0 aliphatic carbocycles. The minimum Gasteiger partial charge on any atom is -0.343 e. The molecule has 1 amide bonds. The van der Waals surface area contributed by atoms with Crippen molar-refractivity contribution >= 4 is 33.3 Å². The van der Waals surface area contributed by atoms with Crippen molar-refractivity contribution in [2.24, 2.45) is 0 Å². The molecule has 1 aliphatic heterocycles. The van der Waals surface area contributed by atoms with Gasteiger partial charge in [-0.15, -0.1) is 0 Å². The smallest absolute Gasteiger partial charge is 0.254 e. The van der Waals surface area contributed by atoms with Crippen LogP contribution in [0.25, 0.3) is 10.8 Å². The number of anilines is 1. The molecule has 0 saturated carbocycles. The number of fused-ring (bicyclic) bond motifs is 1. The molecule has 5 nitrogen and oxygen atoms in total. The number of piperazine rings is 1. The second kappa shape index (κ2) is 8.47. The summed E-state index contributed by atoms with van der Waals surface area (Å²) in [5, 5.41) is 3.19. The Hall–Kier alpha value is -3.25. The van der Waals surface area contributed by atoms with Crippen molar-refractivity contribution in [3.63, 3.8) is 0 Å². The summed E-state index contributed by atoms with van der Waals surface area (Å²) < 4.78 is 4.55. The fourth-order valence-corrected chi connectivity index (χ4v) is 4.86. The summed E-state index contributed by atoms with van der Waals surface area (Å²) in [6.45, 7) is 4.32. The maximum Gasteiger partial charge on any atom is 0.254 e. The van der Waals surface area contributed by atoms with E-state index in [9.17, 15) is 4.79 Å². The average Bonchev–Trinajstić information content (AvgIpc) is 3.27. The molecule has 6 heteroatoms. The van der Waals surface area contributed by atoms with E-state index in [0.29, 0.717) is 6.54 Å². The molecule has 3 aromatic carbocycles. The highest BCUT2D eigenvalue weighted by atomic mass is 32.1. The van der Waals surface area contributed by atoms with Gasteiger partial charge in [0.15, 0.2) is 0 Å². The van der Waals surface area contributed by atoms with Crippen molar-refractivity contribution in [1.29, 1.82) is 0 Å². The molecule has 0 bridgehead atoms. The summed E-state index contributed by atoms with van der Waals surface area (Å²) in [6.07, 6.45) is 0.743. The molecule has 0 radical (unpaired) electrons. The minimum absolute atomic E-state index is 0.0972. The number of amides is 1. The minimum atomic E-state index is 0.0972. The fraction of sp³-hybridized carbons (Fsp3) is 0.240. The summed E-state index contributed by atoms with van der Waals surface area (Å²) in [5.41, 5.74) is 1.96. The second-order valence-electron chi connectivity index (χ2n) is 8.01. The number of benzene rings is 3. The first-order chi connectivity index (χ1) is 15.2. The van der Waals surface area contributed by atoms with Crippen LogP contribution in [0.3, 0.4) is 0 Å². The zero-order valence-corrected chi connectivity index (χ0v) is 18.3. The lowest BCUT2D eigenvalue weighted by Crippen LogP contribution is -2.54. The molecule has 4 aromatic rings. The summed E-state index contributed by atoms with van der Waals surface area (Å²) in [6, 6.07) is 24.5. The van der Waals surface area contributed by atoms with Crippen LogP contribution in [-0.2, 0) is 6.42 Å². The lowest BCUT2D eigenvalue weighted by molar-refractivity contribution is 0.0674. The zero-order valence-electron chi connectivity index (χ0n) is 17.4. The summed E-state index contributed by atoms with van der Waals surface area (Å²) in [7, 11) is 0. The van der Waals surface area contributed by atoms with E-state index in [0.717, 1.165) is 46.8 Å². The molecule has 0 N–H and O–H groups in total. The highest BCUT2D eigenvalue weighted by molar-refractivity contribution is 7.09. The number of carbonyl (C=O) groups is 1. The third-order valence-corrected chi connectivity index (χ3v) is 6.63. The van der Waals surface area contributed by atoms with Gasteiger partial charge in [0.2, 0.25) is 5.13 Å². The van der Waals surface area contributed by atoms with E-state index in [-0.39, 0.29) is 11.9 Å². The molecule has 0 spiro atoms. The van der Waals surface area contributed by atoms with Crippen LogP contribution < -0.4 is 4.90 Å². The first kappa shape index (κ1) is 19.7. The van der Waals surface area contributed by atoms with Crippen LogP contribution in [0.5, 0.6) is 0 Å². The van der Waals surface area contributed by atoms with Gasteiger partial charge < -0.3 is 9.80 Å². The van der Waals surface area contributed by atoms with Crippen molar-refractivity contribution in [3.8, 4) is 0 Å². The molecule has 1 aromatic heterocycles. The summed E-state index contributed by atoms with van der Waals surface area (Å²) in [5.74, 6) is 0.952. The van der Waals surface area contributed by atoms with E-state index in [1.807, 2.05) is 53.4 Å². The molecule has 1 atom stereocenters. The maximum atomic E-state index is 13.2. The highest BCUT2D eigenvalue weighted by Crippen LogP contribution is 2.24. The average molecular weight is 429 g/mol. The van der Waals surface area contributed by atoms with Crippen LogP contribution in [0.4, 0.5) is 5.13 Å². The van der Waals surface area contributed by atoms with Crippen LogP contribution in [0, 0.1) is 0 Å². The molecular weight excluding hydrogens is 404 g/mol. The topological polar surface area (TPSA) is 49.3 Å². The van der Waals surface area contributed by atoms with E-state index in [4.69, 9.17) is 4.98 Å². The maximum absolute atomic E-state index is 13.2. The van der Waals surface area contributed by atoms with Crippen LogP contribution in [-0.4, -0.2) is 45.8 Å². The van der Waals surface area contributed by atoms with E-state index >= 15 is 0 Å². The molecule has 31 heavy (non-hydrogen) atoms. The van der Waals surface area contributed by atoms with Crippen molar-refractivity contribution < 1.29 is 4.79 Å². The second-order valence-corrected chi connectivity index (χ2v) is 8.74.